The van der Waals surface area contributed by atoms with Crippen molar-refractivity contribution in [2.45, 2.75) is 46.0 Å². The second-order valence-corrected chi connectivity index (χ2v) is 3.64. The third-order valence-electron chi connectivity index (χ3n) is 2.08. The molecule has 0 aliphatic heterocycles. The molecule has 0 aromatic rings. The number of hydrogen-bond donors (Lipinski definition) is 0. The van der Waals surface area contributed by atoms with Gasteiger partial charge in [0.25, 0.3) is 0 Å². The van der Waals surface area contributed by atoms with Crippen LogP contribution >= 0.6 is 0 Å². The largest absolute Gasteiger partial charge is 4.00 e. The van der Waals surface area contributed by atoms with E-state index in [9.17, 15) is 0 Å². The third kappa shape index (κ3) is 23.4. The molecule has 0 aromatic heterocycles. The van der Waals surface area contributed by atoms with Crippen LogP contribution in [0.3, 0.4) is 0 Å². The van der Waals surface area contributed by atoms with Crippen molar-refractivity contribution in [1.29, 1.82) is 0 Å². The molecule has 0 spiro atoms. The van der Waals surface area contributed by atoms with Gasteiger partial charge in [0.2, 0.25) is 0 Å². The molecule has 0 aromatic carbocycles. The summed E-state index contributed by atoms with van der Waals surface area (Å²) in [6.45, 7) is 4.14. The normalized spacial score (nSPS) is 13.2. The van der Waals surface area contributed by atoms with Crippen molar-refractivity contribution in [1.82, 2.24) is 0 Å². The number of rotatable bonds is 3. The molecule has 102 valence electrons. The average molecular weight is 354 g/mol. The van der Waals surface area contributed by atoms with Crippen molar-refractivity contribution < 1.29 is 38.6 Å². The second-order valence-electron chi connectivity index (χ2n) is 3.64. The smallest absolute Gasteiger partial charge is 1.00 e. The molecule has 0 amide bonds. The first-order valence-corrected chi connectivity index (χ1v) is 6.34. The first-order chi connectivity index (χ1) is 8.41. The Morgan fingerprint density at radius 1 is 1.11 bits per heavy atom. The Morgan fingerprint density at radius 3 is 1.84 bits per heavy atom. The zero-order valence-electron chi connectivity index (χ0n) is 12.0. The molecule has 0 atom stereocenters. The van der Waals surface area contributed by atoms with Crippen LogP contribution in [0.1, 0.15) is 46.0 Å². The fraction of sp³-hybridized carbons (Fsp3) is 0.412. The summed E-state index contributed by atoms with van der Waals surface area (Å²) in [5, 5.41) is 0. The molecule has 0 radical (unpaired) electrons. The van der Waals surface area contributed by atoms with Gasteiger partial charge >= 0.3 is 26.2 Å². The first kappa shape index (κ1) is 23.9. The maximum atomic E-state index is 2.99. The summed E-state index contributed by atoms with van der Waals surface area (Å²) in [6, 6.07) is 0. The monoisotopic (exact) mass is 352 g/mol. The molecule has 19 heavy (non-hydrogen) atoms. The molecular formula is C17H23ClZr. The zero-order chi connectivity index (χ0) is 12.6. The SMILES string of the molecule is C[C-]=CCCCC.[C-]1=CC=CC1.[C-]1=CC=CC1.[Cl-].[Zr+4]. The van der Waals surface area contributed by atoms with E-state index in [-0.39, 0.29) is 38.6 Å². The topological polar surface area (TPSA) is 0 Å². The summed E-state index contributed by atoms with van der Waals surface area (Å²) in [5.74, 6) is 0. The van der Waals surface area contributed by atoms with Crippen LogP contribution in [-0.4, -0.2) is 0 Å². The van der Waals surface area contributed by atoms with Crippen LogP contribution in [0, 0.1) is 18.2 Å². The van der Waals surface area contributed by atoms with Crippen LogP contribution in [-0.2, 0) is 26.2 Å². The van der Waals surface area contributed by atoms with Crippen molar-refractivity contribution in [3.05, 3.63) is 60.8 Å². The van der Waals surface area contributed by atoms with Crippen molar-refractivity contribution >= 4 is 0 Å². The molecule has 0 unspecified atom stereocenters. The molecule has 0 bridgehead atoms. The van der Waals surface area contributed by atoms with Gasteiger partial charge in [-0.05, 0) is 0 Å². The Hall–Kier alpha value is -0.127. The van der Waals surface area contributed by atoms with Crippen molar-refractivity contribution in [3.63, 3.8) is 0 Å². The molecule has 2 heteroatoms. The maximum absolute atomic E-state index is 2.99. The van der Waals surface area contributed by atoms with E-state index < -0.39 is 0 Å². The minimum atomic E-state index is 0. The first-order valence-electron chi connectivity index (χ1n) is 6.34. The van der Waals surface area contributed by atoms with E-state index in [1.165, 1.54) is 19.3 Å². The molecular weight excluding hydrogens is 331 g/mol. The van der Waals surface area contributed by atoms with E-state index in [4.69, 9.17) is 0 Å². The molecule has 0 fully saturated rings. The third-order valence-corrected chi connectivity index (χ3v) is 2.08. The predicted octanol–water partition coefficient (Wildman–Crippen LogP) is 2.17. The summed E-state index contributed by atoms with van der Waals surface area (Å²) < 4.78 is 0. The maximum Gasteiger partial charge on any atom is 4.00 e. The van der Waals surface area contributed by atoms with E-state index in [1.54, 1.807) is 0 Å². The van der Waals surface area contributed by atoms with E-state index in [0.29, 0.717) is 0 Å². The van der Waals surface area contributed by atoms with Gasteiger partial charge in [0, 0.05) is 0 Å². The second kappa shape index (κ2) is 23.0. The van der Waals surface area contributed by atoms with Crippen LogP contribution in [0.5, 0.6) is 0 Å². The minimum Gasteiger partial charge on any atom is -1.00 e. The molecule has 2 aliphatic carbocycles. The molecule has 0 N–H and O–H groups in total. The molecule has 2 rings (SSSR count). The van der Waals surface area contributed by atoms with Crippen LogP contribution in [0.2, 0.25) is 0 Å². The Labute approximate surface area is 145 Å². The average Bonchev–Trinajstić information content (AvgIpc) is 3.08. The quantitative estimate of drug-likeness (QED) is 0.539. The summed E-state index contributed by atoms with van der Waals surface area (Å²) in [6.07, 6.45) is 28.9. The van der Waals surface area contributed by atoms with E-state index >= 15 is 0 Å². The van der Waals surface area contributed by atoms with Crippen molar-refractivity contribution in [3.8, 4) is 0 Å². The van der Waals surface area contributed by atoms with Gasteiger partial charge in [-0.1, -0.05) is 26.2 Å². The van der Waals surface area contributed by atoms with Crippen LogP contribution in [0.15, 0.2) is 42.5 Å². The van der Waals surface area contributed by atoms with Gasteiger partial charge < -0.3 is 18.5 Å². The standard InChI is InChI=1S/C7H13.2C5H5.ClH.Zr/c1-3-5-7-6-4-2;2*1-2-4-5-3-1;;/h6H,3,5,7H2,1-2H3;2*1-3H,4H2;1H;/q3*-1;;+4/p-1. The van der Waals surface area contributed by atoms with Crippen LogP contribution in [0.4, 0.5) is 0 Å². The van der Waals surface area contributed by atoms with Gasteiger partial charge in [0.05, 0.1) is 0 Å². The van der Waals surface area contributed by atoms with Gasteiger partial charge in [-0.25, -0.2) is 24.3 Å². The summed E-state index contributed by atoms with van der Waals surface area (Å²) in [4.78, 5) is 0. The number of hydrogen-bond acceptors (Lipinski definition) is 0. The fourth-order valence-corrected chi connectivity index (χ4v) is 1.13. The fourth-order valence-electron chi connectivity index (χ4n) is 1.13. The van der Waals surface area contributed by atoms with E-state index in [2.05, 4.69) is 43.4 Å². The number of allylic oxidation sites excluding steroid dienone is 10. The molecule has 0 saturated heterocycles. The van der Waals surface area contributed by atoms with E-state index in [1.807, 2.05) is 31.2 Å². The summed E-state index contributed by atoms with van der Waals surface area (Å²) >= 11 is 0. The van der Waals surface area contributed by atoms with Crippen molar-refractivity contribution in [2.75, 3.05) is 0 Å². The van der Waals surface area contributed by atoms with Gasteiger partial charge in [-0.2, -0.15) is 19.1 Å². The molecule has 0 nitrogen and oxygen atoms in total. The Balaban J connectivity index is -0.000000194. The van der Waals surface area contributed by atoms with Crippen LogP contribution in [0.25, 0.3) is 0 Å². The number of halogens is 1. The molecule has 2 aliphatic rings. The molecule has 0 saturated carbocycles. The number of unbranched alkanes of at least 4 members (excludes halogenated alkanes) is 2. The summed E-state index contributed by atoms with van der Waals surface area (Å²) in [5.41, 5.74) is 0. The van der Waals surface area contributed by atoms with Gasteiger partial charge in [0.1, 0.15) is 0 Å². The molecule has 0 heterocycles. The van der Waals surface area contributed by atoms with Gasteiger partial charge in [-0.3, -0.25) is 18.2 Å². The van der Waals surface area contributed by atoms with Crippen molar-refractivity contribution in [2.24, 2.45) is 0 Å². The Bertz CT molecular complexity index is 244. The van der Waals surface area contributed by atoms with E-state index in [0.717, 1.165) is 12.8 Å². The zero-order valence-corrected chi connectivity index (χ0v) is 15.2. The predicted molar refractivity (Wildman–Crippen MR) is 76.2 cm³/mol. The van der Waals surface area contributed by atoms with Gasteiger partial charge in [-0.15, -0.1) is 12.8 Å². The van der Waals surface area contributed by atoms with Crippen LogP contribution < -0.4 is 12.4 Å². The Kier molecular flexibility index (Phi) is 29.0. The minimum absolute atomic E-state index is 0. The van der Waals surface area contributed by atoms with Gasteiger partial charge in [0.15, 0.2) is 0 Å². The Morgan fingerprint density at radius 2 is 1.63 bits per heavy atom. The summed E-state index contributed by atoms with van der Waals surface area (Å²) in [7, 11) is 0.